The van der Waals surface area contributed by atoms with Crippen LogP contribution in [-0.4, -0.2) is 32.6 Å². The molecule has 0 amide bonds. The lowest BCUT2D eigenvalue weighted by Crippen LogP contribution is -2.19. The molecule has 0 unspecified atom stereocenters. The molecule has 3 nitrogen and oxygen atoms in total. The molecule has 25 heavy (non-hydrogen) atoms. The molecule has 0 spiro atoms. The minimum atomic E-state index is -1.09. The molecule has 0 saturated heterocycles. The van der Waals surface area contributed by atoms with Gasteiger partial charge in [0.05, 0.1) is 19.4 Å². The van der Waals surface area contributed by atoms with E-state index >= 15 is 0 Å². The van der Waals surface area contributed by atoms with Crippen LogP contribution in [0.1, 0.15) is 38.5 Å². The van der Waals surface area contributed by atoms with Gasteiger partial charge in [0.1, 0.15) is 13.0 Å². The van der Waals surface area contributed by atoms with Crippen LogP contribution in [0.3, 0.4) is 0 Å². The second-order valence-electron chi connectivity index (χ2n) is 7.73. The average molecular weight is 380 g/mol. The van der Waals surface area contributed by atoms with Gasteiger partial charge in [-0.25, -0.2) is 4.99 Å². The van der Waals surface area contributed by atoms with Crippen molar-refractivity contribution in [3.8, 4) is 5.75 Å². The van der Waals surface area contributed by atoms with Gasteiger partial charge in [-0.3, -0.25) is 0 Å². The van der Waals surface area contributed by atoms with E-state index in [0.717, 1.165) is 36.1 Å². The van der Waals surface area contributed by atoms with E-state index in [1.165, 1.54) is 32.1 Å². The second-order valence-corrected chi connectivity index (χ2v) is 17.2. The first-order valence-corrected chi connectivity index (χ1v) is 14.7. The summed E-state index contributed by atoms with van der Waals surface area (Å²) in [6, 6.07) is 7.89. The molecule has 0 atom stereocenters. The topological polar surface area (TPSA) is 30.8 Å². The summed E-state index contributed by atoms with van der Waals surface area (Å²) in [6.45, 7) is 8.00. The highest BCUT2D eigenvalue weighted by Crippen LogP contribution is 2.25. The first-order chi connectivity index (χ1) is 12.0. The quantitative estimate of drug-likeness (QED) is 0.302. The molecule has 1 aliphatic rings. The normalized spacial score (nSPS) is 16.7. The number of rotatable bonds is 8. The summed E-state index contributed by atoms with van der Waals surface area (Å²) < 4.78 is 11.4. The van der Waals surface area contributed by atoms with Crippen molar-refractivity contribution in [2.24, 2.45) is 10.9 Å². The van der Waals surface area contributed by atoms with E-state index < -0.39 is 7.22 Å². The molecule has 1 fully saturated rings. The number of benzene rings is 1. The Bertz CT molecular complexity index is 534. The summed E-state index contributed by atoms with van der Waals surface area (Å²) >= 11 is 2.10. The molecule has 0 heterocycles. The van der Waals surface area contributed by atoms with Crippen LogP contribution < -0.4 is 4.74 Å². The smallest absolute Gasteiger partial charge is 0.189 e. The van der Waals surface area contributed by atoms with E-state index in [0.29, 0.717) is 5.92 Å². The first-order valence-electron chi connectivity index (χ1n) is 9.44. The Hall–Kier alpha value is -0.943. The summed E-state index contributed by atoms with van der Waals surface area (Å²) in [4.78, 5) is 4.78. The highest BCUT2D eigenvalue weighted by Gasteiger charge is 2.17. The van der Waals surface area contributed by atoms with Gasteiger partial charge >= 0.3 is 0 Å². The Morgan fingerprint density at radius 2 is 1.80 bits per heavy atom. The average Bonchev–Trinajstić information content (AvgIpc) is 2.60. The molecule has 0 bridgehead atoms. The molecule has 1 aliphatic carbocycles. The van der Waals surface area contributed by atoms with Crippen LogP contribution in [0.2, 0.25) is 19.6 Å². The summed E-state index contributed by atoms with van der Waals surface area (Å²) in [6.07, 6.45) is 7.61. The summed E-state index contributed by atoms with van der Waals surface area (Å²) in [5.41, 5.74) is 0.942. The number of methoxy groups -OCH3 is 1. The largest absolute Gasteiger partial charge is 0.497 e. The van der Waals surface area contributed by atoms with Crippen LogP contribution in [0.25, 0.3) is 0 Å². The summed E-state index contributed by atoms with van der Waals surface area (Å²) in [5, 5.41) is 0. The maximum absolute atomic E-state index is 6.18. The summed E-state index contributed by atoms with van der Waals surface area (Å²) in [5.74, 6) is 3.55. The van der Waals surface area contributed by atoms with E-state index in [1.54, 1.807) is 7.11 Å². The molecule has 2 rings (SSSR count). The van der Waals surface area contributed by atoms with Crippen LogP contribution in [0.4, 0.5) is 5.69 Å². The SMILES string of the molecule is COc1ccc(/N=C(/CCS[Si](C)(C)C)OCC2CCCCC2)cc1. The van der Waals surface area contributed by atoms with E-state index in [-0.39, 0.29) is 0 Å². The van der Waals surface area contributed by atoms with Crippen molar-refractivity contribution in [1.29, 1.82) is 0 Å². The molecule has 0 aromatic heterocycles. The third kappa shape index (κ3) is 8.32. The minimum Gasteiger partial charge on any atom is -0.497 e. The summed E-state index contributed by atoms with van der Waals surface area (Å²) in [7, 11) is 0.591. The molecule has 1 aromatic rings. The van der Waals surface area contributed by atoms with Crippen LogP contribution in [-0.2, 0) is 4.74 Å². The monoisotopic (exact) mass is 379 g/mol. The van der Waals surface area contributed by atoms with Crippen LogP contribution in [0, 0.1) is 5.92 Å². The molecular weight excluding hydrogens is 346 g/mol. The molecule has 0 aliphatic heterocycles. The Kier molecular flexibility index (Phi) is 8.36. The third-order valence-corrected chi connectivity index (χ3v) is 8.87. The van der Waals surface area contributed by atoms with Gasteiger partial charge in [-0.1, -0.05) is 38.9 Å². The van der Waals surface area contributed by atoms with Crippen molar-refractivity contribution < 1.29 is 9.47 Å². The van der Waals surface area contributed by atoms with Gasteiger partial charge in [-0.15, -0.1) is 0 Å². The van der Waals surface area contributed by atoms with Crippen molar-refractivity contribution >= 4 is 30.0 Å². The number of hydrogen-bond donors (Lipinski definition) is 0. The number of hydrogen-bond acceptors (Lipinski definition) is 4. The van der Waals surface area contributed by atoms with Gasteiger partial charge in [-0.05, 0) is 48.8 Å². The maximum atomic E-state index is 6.18. The predicted octanol–water partition coefficient (Wildman–Crippen LogP) is 6.28. The fourth-order valence-corrected chi connectivity index (χ4v) is 6.01. The maximum Gasteiger partial charge on any atom is 0.189 e. The lowest BCUT2D eigenvalue weighted by molar-refractivity contribution is 0.196. The standard InChI is InChI=1S/C20H33NO2SSi/c1-22-19-12-10-18(11-13-19)21-20(14-15-24-25(2,3)4)23-16-17-8-6-5-7-9-17/h10-13,17H,5-9,14-16H2,1-4H3/b21-20-. The highest BCUT2D eigenvalue weighted by atomic mass is 32.4. The van der Waals surface area contributed by atoms with E-state index in [1.807, 2.05) is 24.3 Å². The number of ether oxygens (including phenoxy) is 2. The van der Waals surface area contributed by atoms with Crippen molar-refractivity contribution in [2.45, 2.75) is 58.2 Å². The zero-order valence-corrected chi connectivity index (χ0v) is 18.0. The van der Waals surface area contributed by atoms with E-state index in [2.05, 4.69) is 30.9 Å². The van der Waals surface area contributed by atoms with Crippen molar-refractivity contribution in [3.63, 3.8) is 0 Å². The third-order valence-electron chi connectivity index (χ3n) is 4.39. The lowest BCUT2D eigenvalue weighted by Gasteiger charge is -2.22. The Morgan fingerprint density at radius 3 is 2.40 bits per heavy atom. The van der Waals surface area contributed by atoms with E-state index in [4.69, 9.17) is 14.5 Å². The van der Waals surface area contributed by atoms with Crippen LogP contribution in [0.15, 0.2) is 29.3 Å². The van der Waals surface area contributed by atoms with Crippen molar-refractivity contribution in [3.05, 3.63) is 24.3 Å². The van der Waals surface area contributed by atoms with Crippen LogP contribution >= 0.6 is 11.2 Å². The Morgan fingerprint density at radius 1 is 1.12 bits per heavy atom. The zero-order valence-electron chi connectivity index (χ0n) is 16.2. The van der Waals surface area contributed by atoms with Gasteiger partial charge < -0.3 is 9.47 Å². The fourth-order valence-electron chi connectivity index (χ4n) is 2.97. The van der Waals surface area contributed by atoms with Crippen molar-refractivity contribution in [1.82, 2.24) is 0 Å². The minimum absolute atomic E-state index is 0.708. The lowest BCUT2D eigenvalue weighted by atomic mass is 9.90. The van der Waals surface area contributed by atoms with Gasteiger partial charge in [0, 0.05) is 6.42 Å². The predicted molar refractivity (Wildman–Crippen MR) is 113 cm³/mol. The van der Waals surface area contributed by atoms with Crippen LogP contribution in [0.5, 0.6) is 5.75 Å². The van der Waals surface area contributed by atoms with Gasteiger partial charge in [0.25, 0.3) is 0 Å². The van der Waals surface area contributed by atoms with E-state index in [9.17, 15) is 0 Å². The molecule has 0 N–H and O–H groups in total. The van der Waals surface area contributed by atoms with Crippen molar-refractivity contribution in [2.75, 3.05) is 19.5 Å². The molecule has 1 saturated carbocycles. The van der Waals surface area contributed by atoms with Gasteiger partial charge in [-0.2, -0.15) is 11.2 Å². The first kappa shape index (κ1) is 20.4. The molecule has 5 heteroatoms. The Labute approximate surface area is 158 Å². The van der Waals surface area contributed by atoms with Gasteiger partial charge in [0.15, 0.2) is 5.90 Å². The molecule has 1 aromatic carbocycles. The zero-order chi connectivity index (χ0) is 18.1. The second kappa shape index (κ2) is 10.3. The fraction of sp³-hybridized carbons (Fsp3) is 0.650. The van der Waals surface area contributed by atoms with Gasteiger partial charge in [0.2, 0.25) is 0 Å². The molecule has 140 valence electrons. The molecular formula is C20H33NO2SSi. The Balaban J connectivity index is 1.97. The number of nitrogens with zero attached hydrogens (tertiary/aromatic N) is 1. The molecule has 0 radical (unpaired) electrons. The highest BCUT2D eigenvalue weighted by molar-refractivity contribution is 8.28. The number of aliphatic imine (C=N–C) groups is 1.